The Kier molecular flexibility index (Phi) is 8.73. The Morgan fingerprint density at radius 1 is 0.981 bits per heavy atom. The smallest absolute Gasteiger partial charge is 0.271 e. The third kappa shape index (κ3) is 6.19. The Hall–Kier alpha value is -5.22. The summed E-state index contributed by atoms with van der Waals surface area (Å²) in [5.74, 6) is -1.14. The summed E-state index contributed by atoms with van der Waals surface area (Å²) in [6.07, 6.45) is 8.76. The van der Waals surface area contributed by atoms with Crippen LogP contribution in [0.5, 0.6) is 0 Å². The number of aldehydes is 1. The maximum atomic E-state index is 12.5. The third-order valence-corrected chi connectivity index (χ3v) is 10.5. The third-order valence-electron chi connectivity index (χ3n) is 10.5. The van der Waals surface area contributed by atoms with E-state index >= 15 is 0 Å². The molecule has 0 spiro atoms. The van der Waals surface area contributed by atoms with E-state index in [2.05, 4.69) is 55.5 Å². The van der Waals surface area contributed by atoms with Crippen LogP contribution >= 0.6 is 0 Å². The summed E-state index contributed by atoms with van der Waals surface area (Å²) in [5, 5.41) is 37.6. The van der Waals surface area contributed by atoms with E-state index in [1.807, 2.05) is 30.1 Å². The van der Waals surface area contributed by atoms with Gasteiger partial charge < -0.3 is 30.6 Å². The fourth-order valence-electron chi connectivity index (χ4n) is 7.29. The molecule has 1 atom stereocenters. The predicted molar refractivity (Wildman–Crippen MR) is 195 cm³/mol. The molecule has 7 heterocycles. The zero-order valence-electron chi connectivity index (χ0n) is 29.5. The highest BCUT2D eigenvalue weighted by molar-refractivity contribution is 5.95. The predicted octanol–water partition coefficient (Wildman–Crippen LogP) is 3.77. The van der Waals surface area contributed by atoms with Crippen molar-refractivity contribution in [3.63, 3.8) is 0 Å². The number of rotatable bonds is 8. The van der Waals surface area contributed by atoms with E-state index in [1.165, 1.54) is 43.0 Å². The number of carbonyl (C=O) groups is 2. The number of likely N-dealkylation sites (tertiary alicyclic amines) is 2. The second kappa shape index (κ2) is 13.4. The molecule has 4 aromatic heterocycles. The highest BCUT2D eigenvalue weighted by Gasteiger charge is 2.46. The first-order valence-corrected chi connectivity index (χ1v) is 17.8. The van der Waals surface area contributed by atoms with Crippen LogP contribution < -0.4 is 15.5 Å². The molecule has 5 aromatic rings. The van der Waals surface area contributed by atoms with E-state index in [4.69, 9.17) is 5.10 Å². The molecule has 1 amide bonds. The van der Waals surface area contributed by atoms with Crippen LogP contribution in [0.25, 0.3) is 16.8 Å². The number of hydrogen-bond acceptors (Lipinski definition) is 12. The summed E-state index contributed by atoms with van der Waals surface area (Å²) in [4.78, 5) is 38.4. The summed E-state index contributed by atoms with van der Waals surface area (Å²) in [6, 6.07) is 14.1. The molecule has 4 aliphatic rings. The van der Waals surface area contributed by atoms with Gasteiger partial charge in [-0.1, -0.05) is 18.2 Å². The molecule has 0 bridgehead atoms. The largest absolute Gasteiger partial charge is 0.364 e. The summed E-state index contributed by atoms with van der Waals surface area (Å²) in [5.41, 5.74) is 5.63. The first-order chi connectivity index (χ1) is 25.1. The Labute approximate surface area is 300 Å². The zero-order chi connectivity index (χ0) is 36.1. The van der Waals surface area contributed by atoms with Crippen LogP contribution in [-0.4, -0.2) is 102 Å². The fourth-order valence-corrected chi connectivity index (χ4v) is 7.29. The number of fused-ring (bicyclic) bond motifs is 4. The monoisotopic (exact) mass is 705 g/mol. The van der Waals surface area contributed by atoms with Crippen molar-refractivity contribution in [3.8, 4) is 11.1 Å². The number of benzene rings is 1. The molecule has 0 radical (unpaired) electrons. The van der Waals surface area contributed by atoms with Crippen LogP contribution in [0, 0.1) is 5.92 Å². The maximum absolute atomic E-state index is 12.5. The number of nitrogens with one attached hydrogen (secondary N) is 2. The van der Waals surface area contributed by atoms with E-state index in [9.17, 15) is 19.8 Å². The number of para-hydroxylation sites is 1. The topological polar surface area (TPSA) is 169 Å². The molecule has 1 unspecified atom stereocenters. The highest BCUT2D eigenvalue weighted by atomic mass is 16.5. The lowest BCUT2D eigenvalue weighted by atomic mass is 9.93. The minimum Gasteiger partial charge on any atom is -0.364 e. The second-order valence-corrected chi connectivity index (χ2v) is 14.2. The van der Waals surface area contributed by atoms with Crippen LogP contribution in [0.4, 0.5) is 23.0 Å². The minimum absolute atomic E-state index is 0.000831. The van der Waals surface area contributed by atoms with Crippen LogP contribution in [0.2, 0.25) is 0 Å². The van der Waals surface area contributed by atoms with Gasteiger partial charge in [0.15, 0.2) is 11.9 Å². The van der Waals surface area contributed by atoms with E-state index in [-0.39, 0.29) is 35.3 Å². The van der Waals surface area contributed by atoms with Crippen LogP contribution in [0.1, 0.15) is 66.6 Å². The molecule has 3 fully saturated rings. The molecule has 1 aromatic carbocycles. The number of aliphatic hydroxyl groups is 2. The molecule has 270 valence electrons. The van der Waals surface area contributed by atoms with Gasteiger partial charge in [0.25, 0.3) is 5.91 Å². The van der Waals surface area contributed by atoms with Crippen molar-refractivity contribution in [2.45, 2.75) is 50.6 Å². The average Bonchev–Trinajstić information content (AvgIpc) is 3.42. The lowest BCUT2D eigenvalue weighted by Gasteiger charge is -2.47. The second-order valence-electron chi connectivity index (χ2n) is 14.2. The van der Waals surface area contributed by atoms with E-state index < -0.39 is 5.91 Å². The number of anilines is 4. The van der Waals surface area contributed by atoms with Crippen LogP contribution in [-0.2, 0) is 10.7 Å². The fraction of sp³-hybridized carbons (Fsp3) is 0.405. The van der Waals surface area contributed by atoms with Gasteiger partial charge in [0.2, 0.25) is 5.91 Å². The number of carbonyl (C=O) groups excluding carboxylic acids is 2. The molecule has 4 N–H and O–H groups in total. The number of aromatic nitrogens is 6. The van der Waals surface area contributed by atoms with E-state index in [0.29, 0.717) is 36.7 Å². The molecule has 9 rings (SSSR count). The Balaban J connectivity index is 0.000000588. The zero-order valence-corrected chi connectivity index (χ0v) is 29.5. The van der Waals surface area contributed by atoms with Crippen molar-refractivity contribution in [1.29, 1.82) is 0 Å². The van der Waals surface area contributed by atoms with E-state index in [1.54, 1.807) is 28.9 Å². The van der Waals surface area contributed by atoms with Gasteiger partial charge in [0.1, 0.15) is 23.0 Å². The lowest BCUT2D eigenvalue weighted by Crippen LogP contribution is -2.59. The number of amides is 1. The van der Waals surface area contributed by atoms with Gasteiger partial charge in [0.05, 0.1) is 41.5 Å². The first-order valence-electron chi connectivity index (χ1n) is 17.8. The summed E-state index contributed by atoms with van der Waals surface area (Å²) in [7, 11) is 4.21. The Bertz CT molecular complexity index is 2130. The quantitative estimate of drug-likeness (QED) is 0.136. The van der Waals surface area contributed by atoms with Gasteiger partial charge in [-0.05, 0) is 70.9 Å². The molecule has 15 heteroatoms. The minimum atomic E-state index is -2.31. The normalized spacial score (nSPS) is 19.0. The summed E-state index contributed by atoms with van der Waals surface area (Å²) >= 11 is 0. The molecule has 52 heavy (non-hydrogen) atoms. The van der Waals surface area contributed by atoms with Crippen molar-refractivity contribution >= 4 is 40.9 Å². The summed E-state index contributed by atoms with van der Waals surface area (Å²) in [6.45, 7) is 5.43. The van der Waals surface area contributed by atoms with Crippen molar-refractivity contribution in [1.82, 2.24) is 39.2 Å². The average molecular weight is 706 g/mol. The Morgan fingerprint density at radius 2 is 1.75 bits per heavy atom. The standard InChI is InChI=1S/C32H32N10O4.C5H11N/c1-18-29-23(14-34-41(29)21-15-40(16-21)32(45,46)25-8-3-5-20(17-43)35-25)22-6-4-7-24(30(22)39(18)2)36-28-13-26(38-31(44)19-9-10-19)37-27-11-12-33-42(27)28;1-6-4-2-3-5-6/h3-8,11-14,17-19,21,36,45-46H,9-10,15-16H2,1-2H3,(H,37,38,44);2-5H2,1H3. The van der Waals surface area contributed by atoms with E-state index in [0.717, 1.165) is 41.0 Å². The molecule has 1 saturated carbocycles. The van der Waals surface area contributed by atoms with Gasteiger partial charge in [-0.15, -0.1) is 0 Å². The van der Waals surface area contributed by atoms with Crippen LogP contribution in [0.3, 0.4) is 0 Å². The number of pyridine rings is 1. The van der Waals surface area contributed by atoms with Gasteiger partial charge in [0, 0.05) is 49.3 Å². The van der Waals surface area contributed by atoms with Gasteiger partial charge in [-0.25, -0.2) is 14.9 Å². The van der Waals surface area contributed by atoms with Gasteiger partial charge in [-0.3, -0.25) is 14.3 Å². The van der Waals surface area contributed by atoms with Crippen LogP contribution in [0.15, 0.2) is 60.9 Å². The molecule has 1 aliphatic carbocycles. The molecular formula is C37H43N11O4. The molecule has 3 aliphatic heterocycles. The molecule has 15 nitrogen and oxygen atoms in total. The lowest BCUT2D eigenvalue weighted by molar-refractivity contribution is -0.302. The van der Waals surface area contributed by atoms with Crippen molar-refractivity contribution < 1.29 is 19.8 Å². The molecule has 2 saturated heterocycles. The van der Waals surface area contributed by atoms with Gasteiger partial charge >= 0.3 is 0 Å². The van der Waals surface area contributed by atoms with Crippen molar-refractivity contribution in [2.24, 2.45) is 5.92 Å². The SMILES string of the molecule is CC1c2c(cnn2C2CN(C(O)(O)c3cccc(C=O)n3)C2)-c2cccc(Nc3cc(NC(=O)C4CC4)nc4ccnn34)c2N1C.CN1CCCC1. The highest BCUT2D eigenvalue weighted by Crippen LogP contribution is 2.49. The number of nitrogens with zero attached hydrogens (tertiary/aromatic N) is 9. The number of hydrogen-bond donors (Lipinski definition) is 4. The maximum Gasteiger partial charge on any atom is 0.271 e. The van der Waals surface area contributed by atoms with Crippen molar-refractivity contribution in [2.75, 3.05) is 55.8 Å². The van der Waals surface area contributed by atoms with Crippen molar-refractivity contribution in [3.05, 3.63) is 78.0 Å². The van der Waals surface area contributed by atoms with Gasteiger partial charge in [-0.2, -0.15) is 14.7 Å². The first kappa shape index (κ1) is 33.9. The Morgan fingerprint density at radius 3 is 2.46 bits per heavy atom. The molecular weight excluding hydrogens is 662 g/mol. The summed E-state index contributed by atoms with van der Waals surface area (Å²) < 4.78 is 3.68.